The lowest BCUT2D eigenvalue weighted by atomic mass is 10.2. The highest BCUT2D eigenvalue weighted by molar-refractivity contribution is 7.88. The Hall–Kier alpha value is -2.68. The van der Waals surface area contributed by atoms with Crippen molar-refractivity contribution >= 4 is 27.4 Å². The van der Waals surface area contributed by atoms with Crippen molar-refractivity contribution in [1.82, 2.24) is 14.3 Å². The van der Waals surface area contributed by atoms with Crippen LogP contribution in [0.5, 0.6) is 11.6 Å². The van der Waals surface area contributed by atoms with E-state index >= 15 is 0 Å². The molecule has 3 aromatic rings. The normalized spacial score (nSPS) is 15.1. The van der Waals surface area contributed by atoms with Gasteiger partial charge in [-0.25, -0.2) is 13.4 Å². The number of nitrogens with zero attached hydrogens (tertiary/aromatic N) is 4. The number of aryl methyl sites for hydroxylation is 1. The lowest BCUT2D eigenvalue weighted by Gasteiger charge is -2.34. The second-order valence-corrected chi connectivity index (χ2v) is 9.70. The van der Waals surface area contributed by atoms with Crippen LogP contribution >= 0.6 is 11.6 Å². The van der Waals surface area contributed by atoms with Crippen molar-refractivity contribution in [3.63, 3.8) is 0 Å². The van der Waals surface area contributed by atoms with Crippen LogP contribution < -0.4 is 9.64 Å². The van der Waals surface area contributed by atoms with Crippen LogP contribution in [0.15, 0.2) is 60.7 Å². The largest absolute Gasteiger partial charge is 0.439 e. The van der Waals surface area contributed by atoms with Gasteiger partial charge in [-0.05, 0) is 36.8 Å². The van der Waals surface area contributed by atoms with Gasteiger partial charge in [0.05, 0.1) is 5.75 Å². The molecule has 0 radical (unpaired) electrons. The molecule has 1 aromatic heterocycles. The first kappa shape index (κ1) is 21.5. The van der Waals surface area contributed by atoms with Crippen LogP contribution in [0.4, 0.5) is 5.82 Å². The van der Waals surface area contributed by atoms with E-state index in [2.05, 4.69) is 14.9 Å². The highest BCUT2D eigenvalue weighted by Crippen LogP contribution is 2.24. The van der Waals surface area contributed by atoms with Crippen molar-refractivity contribution in [3.8, 4) is 11.6 Å². The van der Waals surface area contributed by atoms with Gasteiger partial charge in [-0.15, -0.1) is 0 Å². The zero-order valence-corrected chi connectivity index (χ0v) is 18.7. The molecule has 1 saturated heterocycles. The van der Waals surface area contributed by atoms with Crippen molar-refractivity contribution in [2.75, 3.05) is 31.1 Å². The van der Waals surface area contributed by atoms with Crippen molar-refractivity contribution in [2.45, 2.75) is 12.7 Å². The summed E-state index contributed by atoms with van der Waals surface area (Å²) in [5, 5.41) is 0.588. The molecule has 7 nitrogen and oxygen atoms in total. The van der Waals surface area contributed by atoms with Crippen molar-refractivity contribution in [3.05, 3.63) is 77.1 Å². The quantitative estimate of drug-likeness (QED) is 0.558. The number of piperazine rings is 1. The molecule has 0 N–H and O–H groups in total. The summed E-state index contributed by atoms with van der Waals surface area (Å²) in [6.45, 7) is 3.69. The van der Waals surface area contributed by atoms with E-state index in [1.165, 1.54) is 4.31 Å². The molecule has 2 aromatic carbocycles. The Morgan fingerprint density at radius 3 is 2.32 bits per heavy atom. The van der Waals surface area contributed by atoms with Gasteiger partial charge in [-0.3, -0.25) is 0 Å². The van der Waals surface area contributed by atoms with Gasteiger partial charge >= 0.3 is 0 Å². The zero-order chi connectivity index (χ0) is 21.8. The fraction of sp³-hybridized carbons (Fsp3) is 0.273. The number of rotatable bonds is 6. The Labute approximate surface area is 187 Å². The number of aromatic nitrogens is 2. The molecule has 4 rings (SSSR count). The molecule has 0 unspecified atom stereocenters. The van der Waals surface area contributed by atoms with Crippen LogP contribution in [0.3, 0.4) is 0 Å². The zero-order valence-electron chi connectivity index (χ0n) is 17.1. The molecular formula is C22H23ClN4O3S. The number of para-hydroxylation sites is 1. The monoisotopic (exact) mass is 458 g/mol. The summed E-state index contributed by atoms with van der Waals surface area (Å²) in [4.78, 5) is 10.9. The lowest BCUT2D eigenvalue weighted by Crippen LogP contribution is -2.49. The van der Waals surface area contributed by atoms with E-state index < -0.39 is 10.0 Å². The fourth-order valence-electron chi connectivity index (χ4n) is 3.43. The smallest absolute Gasteiger partial charge is 0.224 e. The Bertz CT molecular complexity index is 1130. The van der Waals surface area contributed by atoms with Crippen LogP contribution in [-0.4, -0.2) is 48.9 Å². The lowest BCUT2D eigenvalue weighted by molar-refractivity contribution is 0.382. The van der Waals surface area contributed by atoms with E-state index in [0.717, 1.165) is 11.4 Å². The average molecular weight is 459 g/mol. The maximum atomic E-state index is 12.8. The Balaban J connectivity index is 1.42. The van der Waals surface area contributed by atoms with Crippen LogP contribution in [-0.2, 0) is 15.8 Å². The molecule has 9 heteroatoms. The molecular weight excluding hydrogens is 436 g/mol. The SMILES string of the molecule is Cc1nc(Oc2ccccc2)cc(N2CCN(S(=O)(=O)Cc3ccc(Cl)cc3)CC2)n1. The highest BCUT2D eigenvalue weighted by atomic mass is 35.5. The van der Waals surface area contributed by atoms with Crippen molar-refractivity contribution in [1.29, 1.82) is 0 Å². The minimum Gasteiger partial charge on any atom is -0.439 e. The van der Waals surface area contributed by atoms with Gasteiger partial charge in [0, 0.05) is 37.3 Å². The van der Waals surface area contributed by atoms with Gasteiger partial charge in [0.15, 0.2) is 0 Å². The first-order valence-corrected chi connectivity index (χ1v) is 11.9. The van der Waals surface area contributed by atoms with Crippen LogP contribution in [0.2, 0.25) is 5.02 Å². The summed E-state index contributed by atoms with van der Waals surface area (Å²) in [6, 6.07) is 18.1. The summed E-state index contributed by atoms with van der Waals surface area (Å²) in [5.41, 5.74) is 0.723. The van der Waals surface area contributed by atoms with Crippen molar-refractivity contribution in [2.24, 2.45) is 0 Å². The third-order valence-electron chi connectivity index (χ3n) is 4.98. The summed E-state index contributed by atoms with van der Waals surface area (Å²) < 4.78 is 33.0. The fourth-order valence-corrected chi connectivity index (χ4v) is 5.07. The molecule has 0 atom stereocenters. The van der Waals surface area contributed by atoms with E-state index in [4.69, 9.17) is 16.3 Å². The number of sulfonamides is 1. The number of anilines is 1. The molecule has 1 aliphatic rings. The minimum absolute atomic E-state index is 0.0359. The second kappa shape index (κ2) is 9.21. The third kappa shape index (κ3) is 5.52. The summed E-state index contributed by atoms with van der Waals surface area (Å²) in [5.74, 6) is 2.46. The predicted octanol–water partition coefficient (Wildman–Crippen LogP) is 3.88. The minimum atomic E-state index is -3.41. The van der Waals surface area contributed by atoms with E-state index in [-0.39, 0.29) is 5.75 Å². The Kier molecular flexibility index (Phi) is 6.41. The number of halogens is 1. The van der Waals surface area contributed by atoms with Gasteiger partial charge < -0.3 is 9.64 Å². The van der Waals surface area contributed by atoms with E-state index in [1.807, 2.05) is 37.3 Å². The topological polar surface area (TPSA) is 75.6 Å². The molecule has 0 aliphatic carbocycles. The van der Waals surface area contributed by atoms with Crippen LogP contribution in [0.1, 0.15) is 11.4 Å². The van der Waals surface area contributed by atoms with Crippen LogP contribution in [0.25, 0.3) is 0 Å². The third-order valence-corrected chi connectivity index (χ3v) is 7.09. The van der Waals surface area contributed by atoms with Gasteiger partial charge in [-0.2, -0.15) is 9.29 Å². The molecule has 1 fully saturated rings. The molecule has 0 spiro atoms. The predicted molar refractivity (Wildman–Crippen MR) is 121 cm³/mol. The van der Waals surface area contributed by atoms with E-state index in [0.29, 0.717) is 48.7 Å². The molecule has 162 valence electrons. The maximum Gasteiger partial charge on any atom is 0.224 e. The molecule has 2 heterocycles. The van der Waals surface area contributed by atoms with Gasteiger partial charge in [0.1, 0.15) is 17.4 Å². The summed E-state index contributed by atoms with van der Waals surface area (Å²) in [6.07, 6.45) is 0. The Morgan fingerprint density at radius 2 is 1.65 bits per heavy atom. The number of hydrogen-bond acceptors (Lipinski definition) is 6. The number of hydrogen-bond donors (Lipinski definition) is 0. The van der Waals surface area contributed by atoms with Crippen LogP contribution in [0, 0.1) is 6.92 Å². The van der Waals surface area contributed by atoms with E-state index in [9.17, 15) is 8.42 Å². The summed E-state index contributed by atoms with van der Waals surface area (Å²) >= 11 is 5.89. The molecule has 0 bridgehead atoms. The first-order valence-electron chi connectivity index (χ1n) is 9.95. The Morgan fingerprint density at radius 1 is 0.968 bits per heavy atom. The van der Waals surface area contributed by atoms with Gasteiger partial charge in [0.25, 0.3) is 0 Å². The molecule has 0 amide bonds. The second-order valence-electron chi connectivity index (χ2n) is 7.30. The number of benzene rings is 2. The molecule has 31 heavy (non-hydrogen) atoms. The first-order chi connectivity index (χ1) is 14.9. The summed E-state index contributed by atoms with van der Waals surface area (Å²) in [7, 11) is -3.41. The average Bonchev–Trinajstić information content (AvgIpc) is 2.76. The van der Waals surface area contributed by atoms with Crippen molar-refractivity contribution < 1.29 is 13.2 Å². The standard InChI is InChI=1S/C22H23ClN4O3S/c1-17-24-21(15-22(25-17)30-20-5-3-2-4-6-20)26-11-13-27(14-12-26)31(28,29)16-18-7-9-19(23)10-8-18/h2-10,15H,11-14,16H2,1H3. The van der Waals surface area contributed by atoms with E-state index in [1.54, 1.807) is 30.3 Å². The van der Waals surface area contributed by atoms with Gasteiger partial charge in [0.2, 0.25) is 15.9 Å². The molecule has 1 aliphatic heterocycles. The number of ether oxygens (including phenoxy) is 1. The maximum absolute atomic E-state index is 12.8. The highest BCUT2D eigenvalue weighted by Gasteiger charge is 2.28. The molecule has 0 saturated carbocycles. The van der Waals surface area contributed by atoms with Gasteiger partial charge in [-0.1, -0.05) is 41.9 Å².